The molecule has 10 aromatic carbocycles. The van der Waals surface area contributed by atoms with Crippen LogP contribution >= 0.6 is 11.3 Å². The molecule has 648 valence electrons. The van der Waals surface area contributed by atoms with Crippen molar-refractivity contribution in [2.24, 2.45) is 0 Å². The fourth-order valence-electron chi connectivity index (χ4n) is 16.9. The number of rotatable bonds is 19. The van der Waals surface area contributed by atoms with Crippen LogP contribution in [-0.2, 0) is 53.4 Å². The average Bonchev–Trinajstić information content (AvgIpc) is 1.58. The number of ether oxygens (including phenoxy) is 11. The lowest BCUT2D eigenvalue weighted by Gasteiger charge is -2.22. The number of fused-ring (bicyclic) bond motifs is 5. The van der Waals surface area contributed by atoms with E-state index in [1.807, 2.05) is 141 Å². The van der Waals surface area contributed by atoms with Gasteiger partial charge in [-0.25, -0.2) is 4.39 Å². The lowest BCUT2D eigenvalue weighted by atomic mass is 9.93. The summed E-state index contributed by atoms with van der Waals surface area (Å²) < 4.78 is 115. The molecule has 0 bridgehead atoms. The molecule has 12 aromatic rings. The first-order chi connectivity index (χ1) is 60.9. The Hall–Kier alpha value is -13.8. The van der Waals surface area contributed by atoms with E-state index in [2.05, 4.69) is 69.0 Å². The SMILES string of the molecule is COc1ccc(-c2cc(NC(=O)C3(c4ccc5c(c4)OCCO5)CC3)ccc2C)cc1F.COc1ccc(-c2cc(NC(=O)C3(c4ccc5c(c4)OCO5)CC3)ccc2C)c(OC)n1.Cc1csc(-c2cc(NC(=O)C3(c4ccc5c(c4)OCO5)CC3)ccc2C)c1.O=C(Nc1ccc(C(F)(F)F)c(-c2ccc3c(c2)CCN3)c1)C1(c2ccc3c(c2)OCO3)CC1.[HH].[HH]. The van der Waals surface area contributed by atoms with E-state index in [0.717, 1.165) is 153 Å². The van der Waals surface area contributed by atoms with Gasteiger partial charge in [0, 0.05) is 54.3 Å². The van der Waals surface area contributed by atoms with Crippen LogP contribution in [0.1, 0.15) is 110 Å². The molecule has 0 radical (unpaired) electrons. The predicted molar refractivity (Wildman–Crippen MR) is 476 cm³/mol. The van der Waals surface area contributed by atoms with Gasteiger partial charge >= 0.3 is 6.18 Å². The van der Waals surface area contributed by atoms with Crippen molar-refractivity contribution in [3.8, 4) is 107 Å². The minimum absolute atomic E-state index is 0. The van der Waals surface area contributed by atoms with Crippen LogP contribution in [0.5, 0.6) is 63.5 Å². The van der Waals surface area contributed by atoms with Crippen LogP contribution in [0.4, 0.5) is 46.0 Å². The van der Waals surface area contributed by atoms with Crippen LogP contribution in [0.2, 0.25) is 0 Å². The van der Waals surface area contributed by atoms with Crippen LogP contribution in [-0.4, -0.2) is 90.1 Å². The van der Waals surface area contributed by atoms with E-state index in [-0.39, 0.29) is 58.2 Å². The van der Waals surface area contributed by atoms with E-state index in [1.54, 1.807) is 55.9 Å². The number of methoxy groups -OCH3 is 3. The molecule has 21 nitrogen and oxygen atoms in total. The van der Waals surface area contributed by atoms with Crippen molar-refractivity contribution >= 4 is 63.4 Å². The highest BCUT2D eigenvalue weighted by atomic mass is 32.1. The van der Waals surface area contributed by atoms with Gasteiger partial charge in [-0.3, -0.25) is 19.2 Å². The highest BCUT2D eigenvalue weighted by Gasteiger charge is 2.55. The minimum Gasteiger partial charge on any atom is -0.494 e. The molecule has 7 heterocycles. The maximum atomic E-state index is 14.2. The van der Waals surface area contributed by atoms with E-state index < -0.39 is 39.2 Å². The van der Waals surface area contributed by atoms with Crippen molar-refractivity contribution in [3.63, 3.8) is 0 Å². The molecular weight excluding hydrogens is 1630 g/mol. The van der Waals surface area contributed by atoms with E-state index in [9.17, 15) is 36.7 Å². The van der Waals surface area contributed by atoms with E-state index in [1.165, 1.54) is 46.9 Å². The van der Waals surface area contributed by atoms with Gasteiger partial charge in [-0.2, -0.15) is 18.2 Å². The number of carbonyl (C=O) groups excluding carboxylic acids is 4. The van der Waals surface area contributed by atoms with E-state index in [4.69, 9.17) is 52.1 Å². The number of hydrogen-bond donors (Lipinski definition) is 5. The average molecular weight is 1730 g/mol. The number of thiophene rings is 1. The molecule has 5 N–H and O–H groups in total. The summed E-state index contributed by atoms with van der Waals surface area (Å²) in [6, 6.07) is 60.2. The molecule has 21 rings (SSSR count). The van der Waals surface area contributed by atoms with Crippen LogP contribution < -0.4 is 78.7 Å². The first kappa shape index (κ1) is 83.2. The Morgan fingerprint density at radius 3 is 1.29 bits per heavy atom. The summed E-state index contributed by atoms with van der Waals surface area (Å²) in [5.74, 6) is 5.97. The van der Waals surface area contributed by atoms with Gasteiger partial charge < -0.3 is 78.7 Å². The normalized spacial score (nSPS) is 16.1. The summed E-state index contributed by atoms with van der Waals surface area (Å²) in [4.78, 5) is 58.6. The van der Waals surface area contributed by atoms with Crippen molar-refractivity contribution in [3.05, 3.63) is 267 Å². The number of pyridine rings is 1. The highest BCUT2D eigenvalue weighted by Crippen LogP contribution is 2.56. The monoisotopic (exact) mass is 1730 g/mol. The molecule has 0 atom stereocenters. The third kappa shape index (κ3) is 16.6. The molecule has 126 heavy (non-hydrogen) atoms. The zero-order chi connectivity index (χ0) is 87.4. The number of anilines is 5. The van der Waals surface area contributed by atoms with Gasteiger partial charge in [0.2, 0.25) is 55.8 Å². The van der Waals surface area contributed by atoms with Gasteiger partial charge in [0.15, 0.2) is 57.6 Å². The Morgan fingerprint density at radius 2 is 0.841 bits per heavy atom. The standard InChI is InChI=1S/C26H21F3N2O3.C26H24FNO4.C25H24N2O5.C23H21NO3S.2H2/c27-26(28,29)20-4-3-18(13-19(20)15-1-5-21-16(11-15)7-10-30-21)31-24(32)25(8-9-25)17-2-6-22-23(12-17)34-14-33-22;1-16-3-6-19(15-20(16)17-4-7-22(30-2)21(27)13-17)28-25(29)26(9-10-26)18-5-8-23-24(14-18)32-12-11-31-23;1-15-4-6-17(13-19(15)18-7-9-22(29-2)27-23(18)30-3)26-24(28)25(10-11-25)16-5-8-20-21(12-16)32-14-31-20;1-14-9-21(28-12-14)18-11-17(5-3-15(18)2)24-22(25)23(7-8-23)16-4-6-19-20(10-16)27-13-26-19;;/h1-6,11-13,30H,7-10,14H2,(H,31,32);3-8,13-15H,9-12H2,1-2H3,(H,28,29);4-9,12-13H,10-11,14H2,1-3H3,(H,26,28);3-6,9-12H,7-8,13H2,1-2H3,(H,24,25);2*1H. The quantitative estimate of drug-likeness (QED) is 0.0473. The second-order valence-electron chi connectivity index (χ2n) is 32.9. The fourth-order valence-corrected chi connectivity index (χ4v) is 17.8. The molecule has 26 heteroatoms. The molecular formula is C100H94F4N6O15S. The number of carbonyl (C=O) groups is 4. The maximum Gasteiger partial charge on any atom is 0.417 e. The molecule has 9 aliphatic rings. The first-order valence-corrected chi connectivity index (χ1v) is 42.6. The van der Waals surface area contributed by atoms with Gasteiger partial charge in [0.1, 0.15) is 13.2 Å². The molecule has 4 aliphatic carbocycles. The summed E-state index contributed by atoms with van der Waals surface area (Å²) in [6.07, 6.45) is 2.41. The summed E-state index contributed by atoms with van der Waals surface area (Å²) >= 11 is 1.73. The zero-order valence-corrected chi connectivity index (χ0v) is 71.0. The van der Waals surface area contributed by atoms with Gasteiger partial charge in [0.25, 0.3) is 0 Å². The van der Waals surface area contributed by atoms with Gasteiger partial charge in [-0.15, -0.1) is 11.3 Å². The summed E-state index contributed by atoms with van der Waals surface area (Å²) in [7, 11) is 4.58. The fraction of sp³-hybridized carbons (Fsp3) is 0.270. The third-order valence-electron chi connectivity index (χ3n) is 24.8. The lowest BCUT2D eigenvalue weighted by molar-refractivity contribution is -0.137. The Labute approximate surface area is 731 Å². The Balaban J connectivity index is 0.000000125. The Morgan fingerprint density at radius 1 is 0.421 bits per heavy atom. The van der Waals surface area contributed by atoms with Gasteiger partial charge in [0.05, 0.1) is 48.6 Å². The van der Waals surface area contributed by atoms with Crippen LogP contribution in [0, 0.1) is 33.5 Å². The summed E-state index contributed by atoms with van der Waals surface area (Å²) in [6.45, 7) is 10.6. The summed E-state index contributed by atoms with van der Waals surface area (Å²) in [5, 5.41) is 17.6. The van der Waals surface area contributed by atoms with Crippen molar-refractivity contribution in [2.45, 2.75) is 113 Å². The van der Waals surface area contributed by atoms with Crippen molar-refractivity contribution in [2.75, 3.05) is 88.1 Å². The minimum atomic E-state index is -4.51. The Bertz CT molecular complexity index is 6330. The third-order valence-corrected chi connectivity index (χ3v) is 25.9. The van der Waals surface area contributed by atoms with Crippen molar-refractivity contribution in [1.29, 1.82) is 0 Å². The van der Waals surface area contributed by atoms with Crippen LogP contribution in [0.3, 0.4) is 0 Å². The second kappa shape index (κ2) is 33.7. The molecule has 5 aliphatic heterocycles. The molecule has 4 fully saturated rings. The Kier molecular flexibility index (Phi) is 22.3. The smallest absolute Gasteiger partial charge is 0.417 e. The molecule has 0 unspecified atom stereocenters. The van der Waals surface area contributed by atoms with Crippen LogP contribution in [0.15, 0.2) is 206 Å². The van der Waals surface area contributed by atoms with E-state index >= 15 is 0 Å². The first-order valence-electron chi connectivity index (χ1n) is 41.7. The number of hydrogen-bond acceptors (Lipinski definition) is 18. The molecule has 4 saturated carbocycles. The van der Waals surface area contributed by atoms with Gasteiger partial charge in [-0.05, 0) is 314 Å². The van der Waals surface area contributed by atoms with Gasteiger partial charge in [-0.1, -0.05) is 54.6 Å². The number of halogens is 4. The molecule has 0 saturated heterocycles. The topological polar surface area (TPSA) is 243 Å². The number of alkyl halides is 3. The number of nitrogens with zero attached hydrogens (tertiary/aromatic N) is 1. The highest BCUT2D eigenvalue weighted by molar-refractivity contribution is 7.13. The largest absolute Gasteiger partial charge is 0.494 e. The number of benzene rings is 10. The van der Waals surface area contributed by atoms with E-state index in [0.29, 0.717) is 83.5 Å². The summed E-state index contributed by atoms with van der Waals surface area (Å²) in [5.41, 5.74) is 14.7. The zero-order valence-electron chi connectivity index (χ0n) is 70.2. The number of amides is 4. The van der Waals surface area contributed by atoms with Crippen molar-refractivity contribution in [1.82, 2.24) is 4.98 Å². The number of aryl methyl sites for hydroxylation is 4. The lowest BCUT2D eigenvalue weighted by Crippen LogP contribution is -2.28. The van der Waals surface area contributed by atoms with Crippen LogP contribution in [0.25, 0.3) is 43.8 Å². The second-order valence-corrected chi connectivity index (χ2v) is 33.8. The van der Waals surface area contributed by atoms with Crippen molar-refractivity contribution < 1.29 is 91.7 Å². The number of nitrogens with one attached hydrogen (secondary N) is 5. The maximum absolute atomic E-state index is 14.2. The molecule has 0 spiro atoms. The number of aromatic nitrogens is 1. The molecule has 2 aromatic heterocycles. The predicted octanol–water partition coefficient (Wildman–Crippen LogP) is 21.4. The molecule has 4 amide bonds.